The van der Waals surface area contributed by atoms with Gasteiger partial charge in [-0.25, -0.2) is 4.79 Å². The number of carboxylic acids is 1. The van der Waals surface area contributed by atoms with Crippen LogP contribution in [-0.2, 0) is 9.59 Å². The quantitative estimate of drug-likeness (QED) is 0.620. The standard InChI is InChI=1S/C11H14N2O5S/c1-6(14)13-8-4-3-7(19-8)9(15)12-5-11(2,18)10(16)17/h3-4,18H,5H2,1-2H3,(H,12,15)(H,13,14)(H,16,17). The van der Waals surface area contributed by atoms with Crippen LogP contribution >= 0.6 is 11.3 Å². The van der Waals surface area contributed by atoms with Gasteiger partial charge in [0.15, 0.2) is 5.60 Å². The lowest BCUT2D eigenvalue weighted by molar-refractivity contribution is -0.155. The van der Waals surface area contributed by atoms with E-state index in [1.165, 1.54) is 13.0 Å². The molecule has 4 N–H and O–H groups in total. The van der Waals surface area contributed by atoms with Crippen LogP contribution in [0.3, 0.4) is 0 Å². The van der Waals surface area contributed by atoms with Gasteiger partial charge in [-0.3, -0.25) is 9.59 Å². The van der Waals surface area contributed by atoms with Crippen LogP contribution in [0.4, 0.5) is 5.00 Å². The number of carbonyl (C=O) groups excluding carboxylic acids is 2. The van der Waals surface area contributed by atoms with E-state index in [9.17, 15) is 19.5 Å². The molecule has 1 heterocycles. The molecular formula is C11H14N2O5S. The predicted molar refractivity (Wildman–Crippen MR) is 69.2 cm³/mol. The first-order valence-electron chi connectivity index (χ1n) is 5.34. The molecule has 1 unspecified atom stereocenters. The Labute approximate surface area is 113 Å². The third-order valence-corrected chi connectivity index (χ3v) is 3.18. The lowest BCUT2D eigenvalue weighted by atomic mass is 10.1. The number of aliphatic hydroxyl groups is 1. The summed E-state index contributed by atoms with van der Waals surface area (Å²) in [7, 11) is 0. The molecule has 0 spiro atoms. The molecule has 0 aliphatic carbocycles. The summed E-state index contributed by atoms with van der Waals surface area (Å²) in [6.07, 6.45) is 0. The zero-order valence-electron chi connectivity index (χ0n) is 10.4. The van der Waals surface area contributed by atoms with Crippen LogP contribution < -0.4 is 10.6 Å². The number of carboxylic acid groups (broad SMARTS) is 1. The Balaban J connectivity index is 2.61. The number of aliphatic carboxylic acids is 1. The smallest absolute Gasteiger partial charge is 0.337 e. The number of rotatable bonds is 5. The van der Waals surface area contributed by atoms with Gasteiger partial charge in [0.2, 0.25) is 5.91 Å². The average Bonchev–Trinajstić information content (AvgIpc) is 2.73. The van der Waals surface area contributed by atoms with Crippen molar-refractivity contribution in [2.45, 2.75) is 19.4 Å². The van der Waals surface area contributed by atoms with Gasteiger partial charge in [0.05, 0.1) is 16.4 Å². The topological polar surface area (TPSA) is 116 Å². The molecule has 1 rings (SSSR count). The second-order valence-corrected chi connectivity index (χ2v) is 5.19. The van der Waals surface area contributed by atoms with Crippen LogP contribution in [-0.4, -0.2) is 40.1 Å². The molecule has 8 heteroatoms. The molecule has 0 aromatic carbocycles. The Morgan fingerprint density at radius 2 is 2.00 bits per heavy atom. The minimum Gasteiger partial charge on any atom is -0.479 e. The SMILES string of the molecule is CC(=O)Nc1ccc(C(=O)NCC(C)(O)C(=O)O)s1. The van der Waals surface area contributed by atoms with Crippen LogP contribution in [0.2, 0.25) is 0 Å². The van der Waals surface area contributed by atoms with Crippen LogP contribution in [0.5, 0.6) is 0 Å². The fourth-order valence-corrected chi connectivity index (χ4v) is 1.98. The number of nitrogens with one attached hydrogen (secondary N) is 2. The van der Waals surface area contributed by atoms with E-state index >= 15 is 0 Å². The molecule has 2 amide bonds. The summed E-state index contributed by atoms with van der Waals surface area (Å²) in [6.45, 7) is 2.03. The summed E-state index contributed by atoms with van der Waals surface area (Å²) in [5, 5.41) is 23.5. The minimum absolute atomic E-state index is 0.248. The van der Waals surface area contributed by atoms with E-state index in [4.69, 9.17) is 5.11 Å². The van der Waals surface area contributed by atoms with Gasteiger partial charge in [-0.15, -0.1) is 11.3 Å². The fraction of sp³-hybridized carbons (Fsp3) is 0.364. The van der Waals surface area contributed by atoms with Gasteiger partial charge in [0.1, 0.15) is 0 Å². The van der Waals surface area contributed by atoms with Gasteiger partial charge >= 0.3 is 5.97 Å². The average molecular weight is 286 g/mol. The van der Waals surface area contributed by atoms with Crippen LogP contribution in [0.1, 0.15) is 23.5 Å². The highest BCUT2D eigenvalue weighted by Crippen LogP contribution is 2.21. The summed E-state index contributed by atoms with van der Waals surface area (Å²) < 4.78 is 0. The molecule has 1 aromatic heterocycles. The molecule has 0 aliphatic heterocycles. The molecule has 104 valence electrons. The predicted octanol–water partition coefficient (Wildman–Crippen LogP) is 0.272. The zero-order valence-corrected chi connectivity index (χ0v) is 11.2. The van der Waals surface area contributed by atoms with Crippen molar-refractivity contribution in [3.8, 4) is 0 Å². The number of thiophene rings is 1. The Morgan fingerprint density at radius 1 is 1.37 bits per heavy atom. The summed E-state index contributed by atoms with van der Waals surface area (Å²) in [5.41, 5.74) is -2.02. The Morgan fingerprint density at radius 3 is 2.53 bits per heavy atom. The highest BCUT2D eigenvalue weighted by molar-refractivity contribution is 7.18. The fourth-order valence-electron chi connectivity index (χ4n) is 1.12. The van der Waals surface area contributed by atoms with Crippen LogP contribution in [0.15, 0.2) is 12.1 Å². The lowest BCUT2D eigenvalue weighted by Gasteiger charge is -2.17. The first kappa shape index (κ1) is 15.1. The van der Waals surface area contributed by atoms with Gasteiger partial charge < -0.3 is 20.8 Å². The van der Waals surface area contributed by atoms with Crippen LogP contribution in [0.25, 0.3) is 0 Å². The number of anilines is 1. The molecule has 0 radical (unpaired) electrons. The van der Waals surface area contributed by atoms with Crippen LogP contribution in [0, 0.1) is 0 Å². The van der Waals surface area contributed by atoms with Crippen molar-refractivity contribution in [3.63, 3.8) is 0 Å². The van der Waals surface area contributed by atoms with E-state index in [0.717, 1.165) is 18.3 Å². The zero-order chi connectivity index (χ0) is 14.6. The van der Waals surface area contributed by atoms with Crippen molar-refractivity contribution in [2.24, 2.45) is 0 Å². The molecule has 0 fully saturated rings. The monoisotopic (exact) mass is 286 g/mol. The summed E-state index contributed by atoms with van der Waals surface area (Å²) >= 11 is 1.06. The van der Waals surface area contributed by atoms with Crippen molar-refractivity contribution < 1.29 is 24.6 Å². The second-order valence-electron chi connectivity index (χ2n) is 4.11. The maximum absolute atomic E-state index is 11.7. The number of hydrogen-bond donors (Lipinski definition) is 4. The van der Waals surface area contributed by atoms with Gasteiger partial charge in [0.25, 0.3) is 5.91 Å². The van der Waals surface area contributed by atoms with E-state index < -0.39 is 24.0 Å². The first-order chi connectivity index (χ1) is 8.72. The van der Waals surface area contributed by atoms with E-state index in [0.29, 0.717) is 9.88 Å². The Hall–Kier alpha value is -1.93. The summed E-state index contributed by atoms with van der Waals surface area (Å²) in [5.74, 6) is -2.18. The number of carbonyl (C=O) groups is 3. The largest absolute Gasteiger partial charge is 0.479 e. The van der Waals surface area contributed by atoms with E-state index in [2.05, 4.69) is 10.6 Å². The molecule has 0 aliphatic rings. The summed E-state index contributed by atoms with van der Waals surface area (Å²) in [4.78, 5) is 33.5. The van der Waals surface area contributed by atoms with Crippen molar-refractivity contribution in [2.75, 3.05) is 11.9 Å². The number of amides is 2. The molecule has 0 bridgehead atoms. The van der Waals surface area contributed by atoms with E-state index in [1.807, 2.05) is 0 Å². The molecule has 1 atom stereocenters. The van der Waals surface area contributed by atoms with E-state index in [-0.39, 0.29) is 5.91 Å². The van der Waals surface area contributed by atoms with Crippen molar-refractivity contribution in [1.82, 2.24) is 5.32 Å². The molecule has 7 nitrogen and oxygen atoms in total. The second kappa shape index (κ2) is 5.81. The van der Waals surface area contributed by atoms with Gasteiger partial charge in [-0.2, -0.15) is 0 Å². The minimum atomic E-state index is -2.02. The van der Waals surface area contributed by atoms with Crippen molar-refractivity contribution in [3.05, 3.63) is 17.0 Å². The Bertz CT molecular complexity index is 509. The Kier molecular flexibility index (Phi) is 4.62. The highest BCUT2D eigenvalue weighted by atomic mass is 32.1. The highest BCUT2D eigenvalue weighted by Gasteiger charge is 2.30. The molecule has 1 aromatic rings. The molecular weight excluding hydrogens is 272 g/mol. The maximum Gasteiger partial charge on any atom is 0.337 e. The molecule has 0 saturated heterocycles. The molecule has 19 heavy (non-hydrogen) atoms. The molecule has 0 saturated carbocycles. The van der Waals surface area contributed by atoms with E-state index in [1.54, 1.807) is 6.07 Å². The maximum atomic E-state index is 11.7. The third-order valence-electron chi connectivity index (χ3n) is 2.18. The third kappa shape index (κ3) is 4.34. The van der Waals surface area contributed by atoms with Gasteiger partial charge in [0, 0.05) is 6.92 Å². The van der Waals surface area contributed by atoms with Gasteiger partial charge in [-0.05, 0) is 19.1 Å². The lowest BCUT2D eigenvalue weighted by Crippen LogP contribution is -2.46. The summed E-state index contributed by atoms with van der Waals surface area (Å²) in [6, 6.07) is 3.07. The number of hydrogen-bond acceptors (Lipinski definition) is 5. The van der Waals surface area contributed by atoms with Crippen molar-refractivity contribution >= 4 is 34.1 Å². The normalized spacial score (nSPS) is 13.4. The van der Waals surface area contributed by atoms with Crippen molar-refractivity contribution in [1.29, 1.82) is 0 Å². The van der Waals surface area contributed by atoms with Gasteiger partial charge in [-0.1, -0.05) is 0 Å². The first-order valence-corrected chi connectivity index (χ1v) is 6.15.